The van der Waals surface area contributed by atoms with Crippen molar-refractivity contribution in [3.8, 4) is 0 Å². The van der Waals surface area contributed by atoms with Gasteiger partial charge in [-0.05, 0) is 81.1 Å². The van der Waals surface area contributed by atoms with Gasteiger partial charge in [0.1, 0.15) is 0 Å². The van der Waals surface area contributed by atoms with Crippen molar-refractivity contribution in [2.75, 3.05) is 13.1 Å². The van der Waals surface area contributed by atoms with Gasteiger partial charge in [-0.15, -0.1) is 0 Å². The molecule has 0 N–H and O–H groups in total. The molecule has 2 aromatic carbocycles. The molecule has 0 unspecified atom stereocenters. The number of nitrogens with zero attached hydrogens (tertiary/aromatic N) is 3. The molecular weight excluding hydrogens is 442 g/mol. The van der Waals surface area contributed by atoms with Crippen molar-refractivity contribution < 1.29 is 13.2 Å². The Bertz CT molecular complexity index is 1280. The highest BCUT2D eigenvalue weighted by molar-refractivity contribution is 7.89. The predicted molar refractivity (Wildman–Crippen MR) is 131 cm³/mol. The van der Waals surface area contributed by atoms with Gasteiger partial charge in [0.05, 0.1) is 15.1 Å². The Morgan fingerprint density at radius 2 is 1.59 bits per heavy atom. The van der Waals surface area contributed by atoms with Crippen LogP contribution in [0.25, 0.3) is 10.2 Å². The van der Waals surface area contributed by atoms with Crippen LogP contribution in [0.2, 0.25) is 0 Å². The summed E-state index contributed by atoms with van der Waals surface area (Å²) in [6.45, 7) is 11.8. The predicted octanol–water partition coefficient (Wildman–Crippen LogP) is 4.89. The highest BCUT2D eigenvalue weighted by Crippen LogP contribution is 2.22. The zero-order chi connectivity index (χ0) is 23.5. The second kappa shape index (κ2) is 10.1. The monoisotopic (exact) mass is 473 g/mol. The molecule has 0 bridgehead atoms. The van der Waals surface area contributed by atoms with Gasteiger partial charge < -0.3 is 4.57 Å². The van der Waals surface area contributed by atoms with Gasteiger partial charge in [-0.1, -0.05) is 25.2 Å². The van der Waals surface area contributed by atoms with E-state index in [1.807, 2.05) is 25.3 Å². The van der Waals surface area contributed by atoms with Crippen LogP contribution >= 0.6 is 11.3 Å². The summed E-state index contributed by atoms with van der Waals surface area (Å²) in [5.41, 5.74) is 3.85. The fourth-order valence-electron chi connectivity index (χ4n) is 3.63. The lowest BCUT2D eigenvalue weighted by atomic mass is 10.1. The van der Waals surface area contributed by atoms with E-state index in [4.69, 9.17) is 0 Å². The molecule has 32 heavy (non-hydrogen) atoms. The highest BCUT2D eigenvalue weighted by atomic mass is 32.2. The number of sulfonamides is 1. The lowest BCUT2D eigenvalue weighted by Crippen LogP contribution is -2.32. The molecule has 0 saturated heterocycles. The Balaban J connectivity index is 1.95. The molecule has 1 amide bonds. The molecule has 3 rings (SSSR count). The topological polar surface area (TPSA) is 71.7 Å². The molecule has 0 atom stereocenters. The summed E-state index contributed by atoms with van der Waals surface area (Å²) in [6.07, 6.45) is 1.50. The van der Waals surface area contributed by atoms with Gasteiger partial charge in [0.15, 0.2) is 4.80 Å². The average Bonchev–Trinajstić information content (AvgIpc) is 3.09. The summed E-state index contributed by atoms with van der Waals surface area (Å²) in [6, 6.07) is 10.4. The van der Waals surface area contributed by atoms with Crippen molar-refractivity contribution in [1.82, 2.24) is 8.87 Å². The first kappa shape index (κ1) is 24.4. The number of aryl methyl sites for hydroxylation is 3. The van der Waals surface area contributed by atoms with Crippen molar-refractivity contribution in [3.63, 3.8) is 0 Å². The Kier molecular flexibility index (Phi) is 7.69. The molecule has 0 radical (unpaired) electrons. The maximum atomic E-state index is 12.9. The standard InChI is InChI=1S/C24H31N3O3S2/c1-6-13-26(14-7-2)32(29,30)20-11-9-19(10-12-20)23(28)25-24-27(8-3)21-15-17(4)18(5)16-22(21)31-24/h9-12,15-16H,6-8,13-14H2,1-5H3. The second-order valence-electron chi connectivity index (χ2n) is 7.88. The summed E-state index contributed by atoms with van der Waals surface area (Å²) >= 11 is 1.49. The van der Waals surface area contributed by atoms with Crippen LogP contribution in [0.4, 0.5) is 0 Å². The Hall–Kier alpha value is -2.29. The fourth-order valence-corrected chi connectivity index (χ4v) is 6.43. The summed E-state index contributed by atoms with van der Waals surface area (Å²) in [5.74, 6) is -0.380. The van der Waals surface area contributed by atoms with Crippen molar-refractivity contribution in [1.29, 1.82) is 0 Å². The smallest absolute Gasteiger partial charge is 0.279 e. The van der Waals surface area contributed by atoms with Gasteiger partial charge in [0, 0.05) is 25.2 Å². The molecule has 0 aliphatic heterocycles. The second-order valence-corrected chi connectivity index (χ2v) is 10.8. The maximum absolute atomic E-state index is 12.9. The quantitative estimate of drug-likeness (QED) is 0.468. The lowest BCUT2D eigenvalue weighted by molar-refractivity contribution is 0.0997. The van der Waals surface area contributed by atoms with Crippen LogP contribution in [0.5, 0.6) is 0 Å². The van der Waals surface area contributed by atoms with Crippen LogP contribution in [0, 0.1) is 13.8 Å². The van der Waals surface area contributed by atoms with Crippen molar-refractivity contribution >= 4 is 37.5 Å². The summed E-state index contributed by atoms with van der Waals surface area (Å²) in [7, 11) is -3.57. The van der Waals surface area contributed by atoms with E-state index in [0.717, 1.165) is 23.1 Å². The van der Waals surface area contributed by atoms with Gasteiger partial charge in [0.25, 0.3) is 5.91 Å². The van der Waals surface area contributed by atoms with E-state index >= 15 is 0 Å². The molecule has 172 valence electrons. The first-order chi connectivity index (χ1) is 15.2. The van der Waals surface area contributed by atoms with Crippen LogP contribution in [-0.2, 0) is 16.6 Å². The molecule has 0 aliphatic rings. The van der Waals surface area contributed by atoms with Crippen LogP contribution in [0.15, 0.2) is 46.3 Å². The summed E-state index contributed by atoms with van der Waals surface area (Å²) in [5, 5.41) is 0. The molecule has 6 nitrogen and oxygen atoms in total. The number of aromatic nitrogens is 1. The molecule has 3 aromatic rings. The van der Waals surface area contributed by atoms with Crippen molar-refractivity contribution in [2.24, 2.45) is 4.99 Å². The Morgan fingerprint density at radius 3 is 2.16 bits per heavy atom. The molecule has 8 heteroatoms. The molecule has 1 heterocycles. The zero-order valence-corrected chi connectivity index (χ0v) is 21.0. The van der Waals surface area contributed by atoms with Gasteiger partial charge in [-0.3, -0.25) is 4.79 Å². The normalized spacial score (nSPS) is 12.8. The SMILES string of the molecule is CCCN(CCC)S(=O)(=O)c1ccc(C(=O)N=c2sc3cc(C)c(C)cc3n2CC)cc1. The summed E-state index contributed by atoms with van der Waals surface area (Å²) in [4.78, 5) is 18.1. The Labute approximate surface area is 194 Å². The number of hydrogen-bond donors (Lipinski definition) is 0. The van der Waals surface area contributed by atoms with E-state index in [0.29, 0.717) is 30.0 Å². The van der Waals surface area contributed by atoms with E-state index in [-0.39, 0.29) is 10.8 Å². The third-order valence-corrected chi connectivity index (χ3v) is 8.45. The van der Waals surface area contributed by atoms with Gasteiger partial charge in [0.2, 0.25) is 10.0 Å². The van der Waals surface area contributed by atoms with Gasteiger partial charge in [-0.2, -0.15) is 9.30 Å². The van der Waals surface area contributed by atoms with E-state index in [2.05, 4.69) is 31.0 Å². The Morgan fingerprint density at radius 1 is 1.00 bits per heavy atom. The molecule has 0 saturated carbocycles. The lowest BCUT2D eigenvalue weighted by Gasteiger charge is -2.21. The van der Waals surface area contributed by atoms with Crippen LogP contribution in [-0.4, -0.2) is 36.3 Å². The van der Waals surface area contributed by atoms with Crippen LogP contribution < -0.4 is 4.80 Å². The highest BCUT2D eigenvalue weighted by Gasteiger charge is 2.23. The van der Waals surface area contributed by atoms with Gasteiger partial charge >= 0.3 is 0 Å². The van der Waals surface area contributed by atoms with E-state index < -0.39 is 10.0 Å². The minimum Gasteiger partial charge on any atom is -0.317 e. The first-order valence-electron chi connectivity index (χ1n) is 11.0. The number of thiazole rings is 1. The third kappa shape index (κ3) is 4.87. The fraction of sp³-hybridized carbons (Fsp3) is 0.417. The van der Waals surface area contributed by atoms with Crippen LogP contribution in [0.3, 0.4) is 0 Å². The molecule has 0 spiro atoms. The maximum Gasteiger partial charge on any atom is 0.279 e. The zero-order valence-electron chi connectivity index (χ0n) is 19.4. The molecular formula is C24H31N3O3S2. The minimum atomic E-state index is -3.57. The molecule has 1 aromatic heterocycles. The largest absolute Gasteiger partial charge is 0.317 e. The van der Waals surface area contributed by atoms with E-state index in [1.54, 1.807) is 12.1 Å². The third-order valence-electron chi connectivity index (χ3n) is 5.50. The number of amides is 1. The van der Waals surface area contributed by atoms with Gasteiger partial charge in [-0.25, -0.2) is 8.42 Å². The van der Waals surface area contributed by atoms with Crippen molar-refractivity contribution in [2.45, 2.75) is 58.9 Å². The van der Waals surface area contributed by atoms with E-state index in [9.17, 15) is 13.2 Å². The number of fused-ring (bicyclic) bond motifs is 1. The number of carbonyl (C=O) groups excluding carboxylic acids is 1. The average molecular weight is 474 g/mol. The van der Waals surface area contributed by atoms with Crippen molar-refractivity contribution in [3.05, 3.63) is 57.9 Å². The molecule has 0 fully saturated rings. The number of rotatable bonds is 8. The molecule has 0 aliphatic carbocycles. The number of carbonyl (C=O) groups is 1. The number of hydrogen-bond acceptors (Lipinski definition) is 4. The van der Waals surface area contributed by atoms with Crippen LogP contribution in [0.1, 0.15) is 55.1 Å². The first-order valence-corrected chi connectivity index (χ1v) is 13.3. The minimum absolute atomic E-state index is 0.201. The summed E-state index contributed by atoms with van der Waals surface area (Å²) < 4.78 is 30.5. The number of benzene rings is 2. The van der Waals surface area contributed by atoms with E-state index in [1.165, 1.54) is 38.9 Å².